The number of pyridine rings is 1. The standard InChI is InChI=1S/C20H19ClF3N3O5/c1-2-27(10-17(28)26-13-3-4-15-16(8-13)31-6-5-30-15)19(29)12-7-14(21)18(25-9-12)32-11-20(22,23)24/h3-4,7-9H,2,5-6,10-11H2,1H3,(H,26,28). The molecule has 12 heteroatoms. The second-order valence-corrected chi connectivity index (χ2v) is 7.05. The van der Waals surface area contributed by atoms with Crippen LogP contribution in [0, 0.1) is 0 Å². The molecule has 0 spiro atoms. The average Bonchev–Trinajstić information content (AvgIpc) is 2.75. The van der Waals surface area contributed by atoms with Crippen LogP contribution in [0.25, 0.3) is 0 Å². The number of ether oxygens (including phenoxy) is 3. The zero-order valence-electron chi connectivity index (χ0n) is 16.9. The number of fused-ring (bicyclic) bond motifs is 1. The van der Waals surface area contributed by atoms with E-state index in [2.05, 4.69) is 15.0 Å². The van der Waals surface area contributed by atoms with Crippen LogP contribution in [0.3, 0.4) is 0 Å². The van der Waals surface area contributed by atoms with E-state index < -0.39 is 30.5 Å². The highest BCUT2D eigenvalue weighted by molar-refractivity contribution is 6.32. The first-order valence-corrected chi connectivity index (χ1v) is 9.88. The number of nitrogens with zero attached hydrogens (tertiary/aromatic N) is 2. The van der Waals surface area contributed by atoms with Crippen LogP contribution >= 0.6 is 11.6 Å². The van der Waals surface area contributed by atoms with Crippen LogP contribution in [0.2, 0.25) is 5.02 Å². The summed E-state index contributed by atoms with van der Waals surface area (Å²) in [7, 11) is 0. The summed E-state index contributed by atoms with van der Waals surface area (Å²) in [4.78, 5) is 30.1. The molecular weight excluding hydrogens is 455 g/mol. The van der Waals surface area contributed by atoms with Crippen molar-refractivity contribution in [1.29, 1.82) is 0 Å². The lowest BCUT2D eigenvalue weighted by Crippen LogP contribution is -2.38. The highest BCUT2D eigenvalue weighted by Gasteiger charge is 2.29. The number of halogens is 4. The molecule has 0 fully saturated rings. The Morgan fingerprint density at radius 3 is 2.59 bits per heavy atom. The highest BCUT2D eigenvalue weighted by atomic mass is 35.5. The van der Waals surface area contributed by atoms with Gasteiger partial charge in [-0.25, -0.2) is 4.98 Å². The number of carbonyl (C=O) groups is 2. The number of likely N-dealkylation sites (N-methyl/N-ethyl adjacent to an activating group) is 1. The summed E-state index contributed by atoms with van der Waals surface area (Å²) in [5.41, 5.74) is 0.474. The van der Waals surface area contributed by atoms with Crippen molar-refractivity contribution in [2.75, 3.05) is 38.2 Å². The van der Waals surface area contributed by atoms with Crippen molar-refractivity contribution in [3.05, 3.63) is 41.0 Å². The van der Waals surface area contributed by atoms with Crippen molar-refractivity contribution in [2.45, 2.75) is 13.1 Å². The van der Waals surface area contributed by atoms with Crippen LogP contribution in [0.15, 0.2) is 30.5 Å². The van der Waals surface area contributed by atoms with Crippen molar-refractivity contribution in [2.24, 2.45) is 0 Å². The minimum atomic E-state index is -4.55. The molecule has 2 heterocycles. The van der Waals surface area contributed by atoms with Crippen LogP contribution in [0.5, 0.6) is 17.4 Å². The SMILES string of the molecule is CCN(CC(=O)Nc1ccc2c(c1)OCCO2)C(=O)c1cnc(OCC(F)(F)F)c(Cl)c1. The number of amides is 2. The Balaban J connectivity index is 1.62. The first kappa shape index (κ1) is 23.5. The van der Waals surface area contributed by atoms with E-state index >= 15 is 0 Å². The monoisotopic (exact) mass is 473 g/mol. The third kappa shape index (κ3) is 6.16. The van der Waals surface area contributed by atoms with Crippen molar-refractivity contribution < 1.29 is 37.0 Å². The van der Waals surface area contributed by atoms with E-state index in [-0.39, 0.29) is 23.7 Å². The number of benzene rings is 1. The van der Waals surface area contributed by atoms with E-state index in [0.717, 1.165) is 12.3 Å². The largest absolute Gasteiger partial charge is 0.486 e. The summed E-state index contributed by atoms with van der Waals surface area (Å²) in [5.74, 6) is -0.389. The van der Waals surface area contributed by atoms with Crippen LogP contribution in [-0.4, -0.2) is 60.8 Å². The number of alkyl halides is 3. The number of hydrogen-bond acceptors (Lipinski definition) is 6. The fraction of sp³-hybridized carbons (Fsp3) is 0.350. The van der Waals surface area contributed by atoms with Crippen LogP contribution in [0.4, 0.5) is 18.9 Å². The van der Waals surface area contributed by atoms with Gasteiger partial charge in [0.25, 0.3) is 5.91 Å². The van der Waals surface area contributed by atoms with E-state index in [1.807, 2.05) is 0 Å². The lowest BCUT2D eigenvalue weighted by molar-refractivity contribution is -0.154. The summed E-state index contributed by atoms with van der Waals surface area (Å²) in [6.07, 6.45) is -3.51. The zero-order chi connectivity index (χ0) is 23.3. The Bertz CT molecular complexity index is 1000. The molecule has 1 aromatic heterocycles. The fourth-order valence-electron chi connectivity index (χ4n) is 2.80. The van der Waals surface area contributed by atoms with Gasteiger partial charge in [-0.1, -0.05) is 11.6 Å². The molecule has 2 amide bonds. The number of aromatic nitrogens is 1. The second kappa shape index (κ2) is 9.94. The van der Waals surface area contributed by atoms with Crippen molar-refractivity contribution in [3.8, 4) is 17.4 Å². The quantitative estimate of drug-likeness (QED) is 0.661. The molecule has 0 radical (unpaired) electrons. The summed E-state index contributed by atoms with van der Waals surface area (Å²) in [6, 6.07) is 6.08. The van der Waals surface area contributed by atoms with Gasteiger partial charge in [0.15, 0.2) is 18.1 Å². The zero-order valence-corrected chi connectivity index (χ0v) is 17.6. The van der Waals surface area contributed by atoms with Crippen molar-refractivity contribution in [3.63, 3.8) is 0 Å². The van der Waals surface area contributed by atoms with Gasteiger partial charge in [0.05, 0.1) is 5.56 Å². The van der Waals surface area contributed by atoms with Gasteiger partial charge >= 0.3 is 6.18 Å². The number of anilines is 1. The molecule has 0 unspecified atom stereocenters. The average molecular weight is 474 g/mol. The van der Waals surface area contributed by atoms with E-state index in [1.54, 1.807) is 25.1 Å². The maximum Gasteiger partial charge on any atom is 0.422 e. The lowest BCUT2D eigenvalue weighted by Gasteiger charge is -2.21. The summed E-state index contributed by atoms with van der Waals surface area (Å²) >= 11 is 5.89. The van der Waals surface area contributed by atoms with Gasteiger partial charge < -0.3 is 24.4 Å². The van der Waals surface area contributed by atoms with Gasteiger partial charge in [-0.05, 0) is 25.1 Å². The number of nitrogens with one attached hydrogen (secondary N) is 1. The van der Waals surface area contributed by atoms with Crippen LogP contribution < -0.4 is 19.5 Å². The van der Waals surface area contributed by atoms with Crippen molar-refractivity contribution in [1.82, 2.24) is 9.88 Å². The van der Waals surface area contributed by atoms with E-state index in [9.17, 15) is 22.8 Å². The molecule has 0 bridgehead atoms. The summed E-state index contributed by atoms with van der Waals surface area (Å²) in [5, 5.41) is 2.43. The van der Waals surface area contributed by atoms with Crippen LogP contribution in [0.1, 0.15) is 17.3 Å². The Hall–Kier alpha value is -3.21. The van der Waals surface area contributed by atoms with E-state index in [1.165, 1.54) is 4.90 Å². The molecule has 1 aromatic carbocycles. The highest BCUT2D eigenvalue weighted by Crippen LogP contribution is 2.32. The second-order valence-electron chi connectivity index (χ2n) is 6.64. The molecule has 8 nitrogen and oxygen atoms in total. The molecule has 1 aliphatic heterocycles. The minimum Gasteiger partial charge on any atom is -0.486 e. The number of hydrogen-bond donors (Lipinski definition) is 1. The van der Waals surface area contributed by atoms with Gasteiger partial charge in [0.2, 0.25) is 11.8 Å². The Kier molecular flexibility index (Phi) is 7.29. The molecule has 32 heavy (non-hydrogen) atoms. The molecule has 172 valence electrons. The third-order valence-electron chi connectivity index (χ3n) is 4.26. The molecule has 0 atom stereocenters. The third-order valence-corrected chi connectivity index (χ3v) is 4.53. The molecular formula is C20H19ClF3N3O5. The molecule has 0 saturated heterocycles. The van der Waals surface area contributed by atoms with Crippen molar-refractivity contribution >= 4 is 29.1 Å². The summed E-state index contributed by atoms with van der Waals surface area (Å²) < 4.78 is 52.3. The van der Waals surface area contributed by atoms with Crippen LogP contribution in [-0.2, 0) is 4.79 Å². The van der Waals surface area contributed by atoms with Gasteiger partial charge in [-0.15, -0.1) is 0 Å². The molecule has 2 aromatic rings. The molecule has 0 saturated carbocycles. The topological polar surface area (TPSA) is 90.0 Å². The van der Waals surface area contributed by atoms with Gasteiger partial charge in [-0.3, -0.25) is 9.59 Å². The van der Waals surface area contributed by atoms with Gasteiger partial charge in [-0.2, -0.15) is 13.2 Å². The normalized spacial score (nSPS) is 12.8. The number of rotatable bonds is 7. The lowest BCUT2D eigenvalue weighted by atomic mass is 10.2. The maximum absolute atomic E-state index is 12.7. The maximum atomic E-state index is 12.7. The smallest absolute Gasteiger partial charge is 0.422 e. The molecule has 1 aliphatic rings. The summed E-state index contributed by atoms with van der Waals surface area (Å²) in [6.45, 7) is 0.879. The first-order valence-electron chi connectivity index (χ1n) is 9.50. The fourth-order valence-corrected chi connectivity index (χ4v) is 3.02. The Morgan fingerprint density at radius 2 is 1.94 bits per heavy atom. The minimum absolute atomic E-state index is 0.00309. The predicted molar refractivity (Wildman–Crippen MR) is 108 cm³/mol. The van der Waals surface area contributed by atoms with Gasteiger partial charge in [0, 0.05) is 24.5 Å². The molecule has 1 N–H and O–H groups in total. The Labute approximate surface area is 186 Å². The Morgan fingerprint density at radius 1 is 1.22 bits per heavy atom. The van der Waals surface area contributed by atoms with E-state index in [0.29, 0.717) is 30.4 Å². The predicted octanol–water partition coefficient (Wildman–Crippen LogP) is 3.55. The number of carbonyl (C=O) groups excluding carboxylic acids is 2. The van der Waals surface area contributed by atoms with E-state index in [4.69, 9.17) is 21.1 Å². The molecule has 0 aliphatic carbocycles. The first-order chi connectivity index (χ1) is 15.2. The molecule has 3 rings (SSSR count). The van der Waals surface area contributed by atoms with Gasteiger partial charge in [0.1, 0.15) is 24.8 Å².